The van der Waals surface area contributed by atoms with Crippen LogP contribution in [0.2, 0.25) is 0 Å². The fourth-order valence-electron chi connectivity index (χ4n) is 12.3. The number of benzene rings is 13. The van der Waals surface area contributed by atoms with E-state index in [1.807, 2.05) is 0 Å². The van der Waals surface area contributed by atoms with Crippen molar-refractivity contribution in [2.45, 2.75) is 5.41 Å². The summed E-state index contributed by atoms with van der Waals surface area (Å²) < 4.78 is 0. The average molecular weight is 940 g/mol. The number of anilines is 3. The largest absolute Gasteiger partial charge is 0.310 e. The lowest BCUT2D eigenvalue weighted by atomic mass is 9.68. The standard InChI is InChI=1S/C73H49N/c1-6-21-50(22-7-1)54-37-38-56-48-61(45-41-55(56)47-54)74(69-36-20-35-68-72(69)65-33-18-19-34-67(65)73(68,58-27-12-4-13-28-58)59-29-14-5-15-30-59)60-43-39-51(40-44-60)57-42-46-63-62-31-16-17-32-64(62)70(52-23-8-2-9-24-52)71(66(63)49-57)53-25-10-3-11-26-53/h1-49H. The first-order valence-electron chi connectivity index (χ1n) is 25.7. The maximum absolute atomic E-state index is 2.49. The number of rotatable bonds is 9. The van der Waals surface area contributed by atoms with Crippen LogP contribution in [0.25, 0.3) is 88.0 Å². The second kappa shape index (κ2) is 17.9. The van der Waals surface area contributed by atoms with E-state index in [0.717, 1.165) is 22.6 Å². The highest BCUT2D eigenvalue weighted by Crippen LogP contribution is 2.59. The molecule has 14 rings (SSSR count). The highest BCUT2D eigenvalue weighted by molar-refractivity contribution is 6.22. The molecule has 0 unspecified atom stereocenters. The van der Waals surface area contributed by atoms with E-state index in [1.165, 1.54) is 105 Å². The Morgan fingerprint density at radius 1 is 0.243 bits per heavy atom. The Bertz CT molecular complexity index is 4160. The zero-order valence-electron chi connectivity index (χ0n) is 40.7. The minimum absolute atomic E-state index is 0.530. The van der Waals surface area contributed by atoms with Crippen molar-refractivity contribution in [2.75, 3.05) is 4.90 Å². The molecule has 1 aliphatic rings. The summed E-state index contributed by atoms with van der Waals surface area (Å²) in [5, 5.41) is 7.39. The fraction of sp³-hybridized carbons (Fsp3) is 0.0137. The van der Waals surface area contributed by atoms with Crippen LogP contribution >= 0.6 is 0 Å². The van der Waals surface area contributed by atoms with E-state index in [2.05, 4.69) is 302 Å². The predicted molar refractivity (Wildman–Crippen MR) is 313 cm³/mol. The van der Waals surface area contributed by atoms with Crippen molar-refractivity contribution in [1.29, 1.82) is 0 Å². The second-order valence-corrected chi connectivity index (χ2v) is 19.5. The first kappa shape index (κ1) is 43.2. The lowest BCUT2D eigenvalue weighted by Gasteiger charge is -2.34. The zero-order chi connectivity index (χ0) is 49.0. The molecule has 74 heavy (non-hydrogen) atoms. The molecule has 1 heteroatoms. The van der Waals surface area contributed by atoms with Crippen LogP contribution in [0.15, 0.2) is 297 Å². The van der Waals surface area contributed by atoms with Gasteiger partial charge < -0.3 is 4.90 Å². The number of hydrogen-bond donors (Lipinski definition) is 0. The molecule has 13 aromatic rings. The Hall–Kier alpha value is -9.56. The van der Waals surface area contributed by atoms with Gasteiger partial charge in [0, 0.05) is 16.9 Å². The quantitative estimate of drug-likeness (QED) is 0.130. The maximum atomic E-state index is 2.49. The molecule has 0 heterocycles. The highest BCUT2D eigenvalue weighted by Gasteiger charge is 2.47. The van der Waals surface area contributed by atoms with Crippen LogP contribution in [-0.2, 0) is 5.41 Å². The van der Waals surface area contributed by atoms with Crippen LogP contribution in [0.5, 0.6) is 0 Å². The minimum Gasteiger partial charge on any atom is -0.310 e. The van der Waals surface area contributed by atoms with E-state index >= 15 is 0 Å². The number of fused-ring (bicyclic) bond motifs is 7. The van der Waals surface area contributed by atoms with Gasteiger partial charge in [-0.25, -0.2) is 0 Å². The average Bonchev–Trinajstić information content (AvgIpc) is 3.81. The molecule has 0 amide bonds. The van der Waals surface area contributed by atoms with Crippen molar-refractivity contribution < 1.29 is 0 Å². The van der Waals surface area contributed by atoms with E-state index in [0.29, 0.717) is 0 Å². The van der Waals surface area contributed by atoms with Gasteiger partial charge in [0.2, 0.25) is 0 Å². The van der Waals surface area contributed by atoms with Crippen molar-refractivity contribution in [3.05, 3.63) is 320 Å². The molecule has 0 N–H and O–H groups in total. The van der Waals surface area contributed by atoms with Gasteiger partial charge >= 0.3 is 0 Å². The topological polar surface area (TPSA) is 3.24 Å². The Morgan fingerprint density at radius 2 is 0.703 bits per heavy atom. The van der Waals surface area contributed by atoms with Gasteiger partial charge in [0.05, 0.1) is 11.1 Å². The monoisotopic (exact) mass is 939 g/mol. The molecule has 0 saturated carbocycles. The molecule has 13 aromatic carbocycles. The van der Waals surface area contributed by atoms with Crippen LogP contribution in [0.1, 0.15) is 22.3 Å². The van der Waals surface area contributed by atoms with Gasteiger partial charge in [0.15, 0.2) is 0 Å². The van der Waals surface area contributed by atoms with E-state index in [-0.39, 0.29) is 0 Å². The van der Waals surface area contributed by atoms with Crippen molar-refractivity contribution in [1.82, 2.24) is 0 Å². The summed E-state index contributed by atoms with van der Waals surface area (Å²) in [5.41, 5.74) is 20.0. The molecule has 0 saturated heterocycles. The summed E-state index contributed by atoms with van der Waals surface area (Å²) in [5.74, 6) is 0. The Labute approximate surface area is 432 Å². The Balaban J connectivity index is 0.970. The summed E-state index contributed by atoms with van der Waals surface area (Å²) in [4.78, 5) is 2.49. The third-order valence-electron chi connectivity index (χ3n) is 15.5. The van der Waals surface area contributed by atoms with Crippen LogP contribution in [0, 0.1) is 0 Å². The predicted octanol–water partition coefficient (Wildman–Crippen LogP) is 19.6. The van der Waals surface area contributed by atoms with Gasteiger partial charge in [-0.2, -0.15) is 0 Å². The molecule has 346 valence electrons. The Morgan fingerprint density at radius 3 is 1.38 bits per heavy atom. The third kappa shape index (κ3) is 7.00. The molecule has 0 bridgehead atoms. The van der Waals surface area contributed by atoms with E-state index in [9.17, 15) is 0 Å². The first-order chi connectivity index (χ1) is 36.7. The third-order valence-corrected chi connectivity index (χ3v) is 15.5. The lowest BCUT2D eigenvalue weighted by molar-refractivity contribution is 0.768. The van der Waals surface area contributed by atoms with Crippen molar-refractivity contribution in [3.63, 3.8) is 0 Å². The lowest BCUT2D eigenvalue weighted by Crippen LogP contribution is -2.28. The molecule has 0 radical (unpaired) electrons. The summed E-state index contributed by atoms with van der Waals surface area (Å²) in [6.07, 6.45) is 0. The molecular formula is C73H49N. The fourth-order valence-corrected chi connectivity index (χ4v) is 12.3. The SMILES string of the molecule is c1ccc(-c2ccc3cc(N(c4ccc(-c5ccc6c(c5)c(-c5ccccc5)c(-c5ccccc5)c5ccccc56)cc4)c4cccc5c4-c4ccccc4C5(c4ccccc4)c4ccccc4)ccc3c2)cc1. The molecule has 0 fully saturated rings. The normalized spacial score (nSPS) is 12.4. The number of nitrogens with zero attached hydrogens (tertiary/aromatic N) is 1. The molecule has 1 nitrogen and oxygen atoms in total. The second-order valence-electron chi connectivity index (χ2n) is 19.5. The van der Waals surface area contributed by atoms with E-state index in [4.69, 9.17) is 0 Å². The van der Waals surface area contributed by atoms with Gasteiger partial charge in [-0.3, -0.25) is 0 Å². The summed E-state index contributed by atoms with van der Waals surface area (Å²) in [7, 11) is 0. The van der Waals surface area contributed by atoms with Gasteiger partial charge in [-0.1, -0.05) is 255 Å². The zero-order valence-corrected chi connectivity index (χ0v) is 40.7. The molecule has 0 aliphatic heterocycles. The van der Waals surface area contributed by atoms with E-state index < -0.39 is 5.41 Å². The molecular weight excluding hydrogens is 891 g/mol. The van der Waals surface area contributed by atoms with Crippen molar-refractivity contribution >= 4 is 49.4 Å². The first-order valence-corrected chi connectivity index (χ1v) is 25.7. The van der Waals surface area contributed by atoms with Gasteiger partial charge in [-0.05, 0) is 147 Å². The minimum atomic E-state index is -0.530. The van der Waals surface area contributed by atoms with Gasteiger partial charge in [0.25, 0.3) is 0 Å². The van der Waals surface area contributed by atoms with Crippen LogP contribution < -0.4 is 4.90 Å². The van der Waals surface area contributed by atoms with Crippen LogP contribution in [0.3, 0.4) is 0 Å². The van der Waals surface area contributed by atoms with Crippen molar-refractivity contribution in [3.8, 4) is 55.6 Å². The van der Waals surface area contributed by atoms with Crippen molar-refractivity contribution in [2.24, 2.45) is 0 Å². The van der Waals surface area contributed by atoms with Gasteiger partial charge in [-0.15, -0.1) is 0 Å². The maximum Gasteiger partial charge on any atom is 0.0714 e. The molecule has 1 aliphatic carbocycles. The summed E-state index contributed by atoms with van der Waals surface area (Å²) >= 11 is 0. The van der Waals surface area contributed by atoms with Gasteiger partial charge in [0.1, 0.15) is 0 Å². The van der Waals surface area contributed by atoms with Crippen LogP contribution in [0.4, 0.5) is 17.1 Å². The molecule has 0 atom stereocenters. The summed E-state index contributed by atoms with van der Waals surface area (Å²) in [6.45, 7) is 0. The molecule has 0 spiro atoms. The Kier molecular flexibility index (Phi) is 10.5. The molecule has 0 aromatic heterocycles. The number of hydrogen-bond acceptors (Lipinski definition) is 1. The van der Waals surface area contributed by atoms with E-state index in [1.54, 1.807) is 0 Å². The smallest absolute Gasteiger partial charge is 0.0714 e. The highest BCUT2D eigenvalue weighted by atomic mass is 15.1. The van der Waals surface area contributed by atoms with Crippen LogP contribution in [-0.4, -0.2) is 0 Å². The summed E-state index contributed by atoms with van der Waals surface area (Å²) in [6, 6.07) is 110.